The first-order valence-corrected chi connectivity index (χ1v) is 4.74. The second-order valence-electron chi connectivity index (χ2n) is 3.47. The molecule has 0 unspecified atom stereocenters. The van der Waals surface area contributed by atoms with E-state index in [4.69, 9.17) is 4.74 Å². The Kier molecular flexibility index (Phi) is 1.57. The summed E-state index contributed by atoms with van der Waals surface area (Å²) in [7, 11) is 0. The molecular formula is C13H10O. The van der Waals surface area contributed by atoms with Crippen LogP contribution in [0, 0.1) is 0 Å². The summed E-state index contributed by atoms with van der Waals surface area (Å²) >= 11 is 0. The topological polar surface area (TPSA) is 9.23 Å². The van der Waals surface area contributed by atoms with Crippen molar-refractivity contribution in [3.05, 3.63) is 53.8 Å². The van der Waals surface area contributed by atoms with Gasteiger partial charge in [-0.15, -0.1) is 0 Å². The van der Waals surface area contributed by atoms with Gasteiger partial charge in [0.05, 0.1) is 6.26 Å². The number of hydrogen-bond acceptors (Lipinski definition) is 1. The van der Waals surface area contributed by atoms with E-state index in [1.807, 2.05) is 6.08 Å². The van der Waals surface area contributed by atoms with Crippen LogP contribution in [0.5, 0.6) is 0 Å². The zero-order valence-electron chi connectivity index (χ0n) is 7.73. The van der Waals surface area contributed by atoms with E-state index in [1.54, 1.807) is 6.26 Å². The third-order valence-corrected chi connectivity index (χ3v) is 2.63. The van der Waals surface area contributed by atoms with Crippen molar-refractivity contribution in [3.8, 4) is 11.1 Å². The second kappa shape index (κ2) is 2.88. The van der Waals surface area contributed by atoms with Gasteiger partial charge in [-0.1, -0.05) is 36.4 Å². The highest BCUT2D eigenvalue weighted by atomic mass is 16.5. The summed E-state index contributed by atoms with van der Waals surface area (Å²) in [5.41, 5.74) is 5.15. The number of hydrogen-bond donors (Lipinski definition) is 0. The molecule has 3 rings (SSSR count). The Labute approximate surface area is 83.0 Å². The molecule has 0 atom stereocenters. The molecule has 1 nitrogen and oxygen atoms in total. The summed E-state index contributed by atoms with van der Waals surface area (Å²) in [6.07, 6.45) is 3.82. The van der Waals surface area contributed by atoms with Crippen molar-refractivity contribution in [2.24, 2.45) is 0 Å². The van der Waals surface area contributed by atoms with Crippen LogP contribution >= 0.6 is 0 Å². The lowest BCUT2D eigenvalue weighted by Gasteiger charge is -2.10. The maximum atomic E-state index is 5.28. The minimum Gasteiger partial charge on any atom is -0.496 e. The molecule has 0 bridgehead atoms. The minimum absolute atomic E-state index is 0.681. The van der Waals surface area contributed by atoms with Gasteiger partial charge in [0.1, 0.15) is 6.61 Å². The Hall–Kier alpha value is -1.76. The lowest BCUT2D eigenvalue weighted by atomic mass is 10.0. The van der Waals surface area contributed by atoms with Crippen molar-refractivity contribution < 1.29 is 4.74 Å². The van der Waals surface area contributed by atoms with Crippen molar-refractivity contribution >= 4 is 6.08 Å². The monoisotopic (exact) mass is 182 g/mol. The molecule has 0 aromatic heterocycles. The fourth-order valence-electron chi connectivity index (χ4n) is 1.93. The molecule has 0 radical (unpaired) electrons. The lowest BCUT2D eigenvalue weighted by molar-refractivity contribution is 0.235. The van der Waals surface area contributed by atoms with E-state index in [-0.39, 0.29) is 0 Å². The Balaban J connectivity index is 2.37. The van der Waals surface area contributed by atoms with Crippen LogP contribution in [0.25, 0.3) is 17.2 Å². The first-order valence-electron chi connectivity index (χ1n) is 4.74. The summed E-state index contributed by atoms with van der Waals surface area (Å²) in [5, 5.41) is 0. The molecule has 3 aliphatic rings. The molecule has 0 aromatic rings. The van der Waals surface area contributed by atoms with Crippen LogP contribution in [0.4, 0.5) is 0 Å². The number of rotatable bonds is 0. The van der Waals surface area contributed by atoms with Crippen LogP contribution in [0.3, 0.4) is 0 Å². The van der Waals surface area contributed by atoms with Crippen LogP contribution in [0.2, 0.25) is 0 Å². The van der Waals surface area contributed by atoms with E-state index >= 15 is 0 Å². The normalized spacial score (nSPS) is 13.7. The van der Waals surface area contributed by atoms with Crippen molar-refractivity contribution in [1.29, 1.82) is 0 Å². The van der Waals surface area contributed by atoms with Gasteiger partial charge in [-0.05, 0) is 28.3 Å². The van der Waals surface area contributed by atoms with Crippen LogP contribution in [-0.2, 0) is 11.3 Å². The van der Waals surface area contributed by atoms with Crippen molar-refractivity contribution in [1.82, 2.24) is 0 Å². The largest absolute Gasteiger partial charge is 0.496 e. The van der Waals surface area contributed by atoms with E-state index in [0.29, 0.717) is 6.61 Å². The van der Waals surface area contributed by atoms with E-state index in [0.717, 1.165) is 0 Å². The molecule has 1 heteroatoms. The first-order chi connectivity index (χ1) is 6.95. The molecule has 0 amide bonds. The van der Waals surface area contributed by atoms with Crippen LogP contribution in [0.1, 0.15) is 11.1 Å². The highest BCUT2D eigenvalue weighted by molar-refractivity contribution is 5.78. The fraction of sp³-hybridized carbons (Fsp3) is 0.0769. The van der Waals surface area contributed by atoms with Gasteiger partial charge in [0.2, 0.25) is 0 Å². The molecule has 0 saturated heterocycles. The van der Waals surface area contributed by atoms with Crippen molar-refractivity contribution in [2.75, 3.05) is 0 Å². The summed E-state index contributed by atoms with van der Waals surface area (Å²) in [6, 6.07) is 12.7. The molecular weight excluding hydrogens is 172 g/mol. The van der Waals surface area contributed by atoms with Crippen LogP contribution in [0.15, 0.2) is 42.7 Å². The SMILES string of the molecule is C1=Cc2c(cccc3cccc2-3)CO1. The molecule has 1 aliphatic heterocycles. The second-order valence-corrected chi connectivity index (χ2v) is 3.47. The summed E-state index contributed by atoms with van der Waals surface area (Å²) in [4.78, 5) is 0. The molecule has 0 aromatic carbocycles. The number of ether oxygens (including phenoxy) is 1. The average Bonchev–Trinajstić information content (AvgIpc) is 2.61. The van der Waals surface area contributed by atoms with Gasteiger partial charge >= 0.3 is 0 Å². The van der Waals surface area contributed by atoms with Gasteiger partial charge < -0.3 is 4.74 Å². The Morgan fingerprint density at radius 3 is 2.79 bits per heavy atom. The molecule has 0 N–H and O–H groups in total. The van der Waals surface area contributed by atoms with Gasteiger partial charge in [0, 0.05) is 0 Å². The van der Waals surface area contributed by atoms with Crippen LogP contribution in [-0.4, -0.2) is 0 Å². The van der Waals surface area contributed by atoms with Gasteiger partial charge in [-0.2, -0.15) is 0 Å². The van der Waals surface area contributed by atoms with E-state index in [2.05, 4.69) is 36.4 Å². The zero-order valence-corrected chi connectivity index (χ0v) is 7.73. The van der Waals surface area contributed by atoms with Gasteiger partial charge in [-0.3, -0.25) is 0 Å². The number of fused-ring (bicyclic) bond motifs is 3. The maximum absolute atomic E-state index is 5.28. The summed E-state index contributed by atoms with van der Waals surface area (Å²) in [6.45, 7) is 0.681. The molecule has 0 spiro atoms. The predicted molar refractivity (Wildman–Crippen MR) is 56.9 cm³/mol. The molecule has 1 heterocycles. The van der Waals surface area contributed by atoms with Gasteiger partial charge in [0.15, 0.2) is 0 Å². The molecule has 14 heavy (non-hydrogen) atoms. The predicted octanol–water partition coefficient (Wildman–Crippen LogP) is 3.29. The highest BCUT2D eigenvalue weighted by Gasteiger charge is 2.10. The third kappa shape index (κ3) is 1.02. The minimum atomic E-state index is 0.681. The van der Waals surface area contributed by atoms with E-state index in [9.17, 15) is 0 Å². The standard InChI is InChI=1S/C13H10O/c1-3-10-4-2-6-12(10)13-7-8-14-9-11(13)5-1/h1-8H,9H2. The average molecular weight is 182 g/mol. The zero-order chi connectivity index (χ0) is 9.38. The molecule has 68 valence electrons. The summed E-state index contributed by atoms with van der Waals surface area (Å²) < 4.78 is 5.28. The van der Waals surface area contributed by atoms with Gasteiger partial charge in [0.25, 0.3) is 0 Å². The maximum Gasteiger partial charge on any atom is 0.113 e. The lowest BCUT2D eigenvalue weighted by Crippen LogP contribution is -1.94. The smallest absolute Gasteiger partial charge is 0.113 e. The van der Waals surface area contributed by atoms with E-state index in [1.165, 1.54) is 22.3 Å². The van der Waals surface area contributed by atoms with Crippen molar-refractivity contribution in [3.63, 3.8) is 0 Å². The third-order valence-electron chi connectivity index (χ3n) is 2.63. The highest BCUT2D eigenvalue weighted by Crippen LogP contribution is 2.31. The Bertz CT molecular complexity index is 471. The van der Waals surface area contributed by atoms with Crippen LogP contribution < -0.4 is 0 Å². The van der Waals surface area contributed by atoms with Gasteiger partial charge in [-0.25, -0.2) is 0 Å². The molecule has 2 aliphatic carbocycles. The van der Waals surface area contributed by atoms with Crippen molar-refractivity contribution in [2.45, 2.75) is 6.61 Å². The fourth-order valence-corrected chi connectivity index (χ4v) is 1.93. The Morgan fingerprint density at radius 1 is 1.00 bits per heavy atom. The van der Waals surface area contributed by atoms with E-state index < -0.39 is 0 Å². The summed E-state index contributed by atoms with van der Waals surface area (Å²) in [5.74, 6) is 0. The first kappa shape index (κ1) is 7.63. The quantitative estimate of drug-likeness (QED) is 0.607. The molecule has 0 fully saturated rings. The Morgan fingerprint density at radius 2 is 1.86 bits per heavy atom. The molecule has 0 saturated carbocycles.